The predicted octanol–water partition coefficient (Wildman–Crippen LogP) is 4.41. The molecule has 358 valence electrons. The van der Waals surface area contributed by atoms with E-state index in [2.05, 4.69) is 18.8 Å². The molecule has 0 amide bonds. The summed E-state index contributed by atoms with van der Waals surface area (Å²) in [5.74, 6) is -1.15. The molecule has 18 heteroatoms. The van der Waals surface area contributed by atoms with Crippen LogP contribution in [-0.2, 0) is 52.2 Å². The number of cyclic esters (lactones) is 1. The van der Waals surface area contributed by atoms with Gasteiger partial charge in [0.15, 0.2) is 30.0 Å². The van der Waals surface area contributed by atoms with Gasteiger partial charge in [0.05, 0.1) is 54.9 Å². The first-order chi connectivity index (χ1) is 30.4. The number of diazo groups is 1. The monoisotopic (exact) mass is 905 g/mol. The van der Waals surface area contributed by atoms with E-state index in [1.807, 2.05) is 6.92 Å². The molecule has 4 aliphatic heterocycles. The lowest BCUT2D eigenvalue weighted by Crippen LogP contribution is -2.62. The van der Waals surface area contributed by atoms with E-state index in [0.717, 1.165) is 63.4 Å². The van der Waals surface area contributed by atoms with E-state index in [-0.39, 0.29) is 60.6 Å². The van der Waals surface area contributed by atoms with Crippen molar-refractivity contribution >= 4 is 11.9 Å². The van der Waals surface area contributed by atoms with Crippen molar-refractivity contribution in [3.63, 3.8) is 0 Å². The maximum Gasteiger partial charge on any atom is 0.547 e. The van der Waals surface area contributed by atoms with Gasteiger partial charge in [-0.05, 0) is 120 Å². The molecule has 0 radical (unpaired) electrons. The van der Waals surface area contributed by atoms with E-state index in [0.29, 0.717) is 18.4 Å². The Balaban J connectivity index is 0.794. The van der Waals surface area contributed by atoms with Crippen molar-refractivity contribution in [2.24, 2.45) is 34.5 Å². The second kappa shape index (κ2) is 18.6. The summed E-state index contributed by atoms with van der Waals surface area (Å²) in [5, 5.41) is 65.1. The molecular formula is C46H69N2O16+. The molecule has 7 fully saturated rings. The molecule has 20 unspecified atom stereocenters. The van der Waals surface area contributed by atoms with Gasteiger partial charge in [-0.1, -0.05) is 13.8 Å². The lowest BCUT2D eigenvalue weighted by molar-refractivity contribution is -0.336. The Labute approximate surface area is 374 Å². The van der Waals surface area contributed by atoms with Gasteiger partial charge in [0.2, 0.25) is 5.39 Å². The predicted molar refractivity (Wildman–Crippen MR) is 221 cm³/mol. The number of ether oxygens (including phenoxy) is 9. The van der Waals surface area contributed by atoms with Gasteiger partial charge in [0.25, 0.3) is 0 Å². The Hall–Kier alpha value is -2.96. The second-order valence-corrected chi connectivity index (χ2v) is 20.3. The highest BCUT2D eigenvalue weighted by molar-refractivity contribution is 5.90. The van der Waals surface area contributed by atoms with Crippen LogP contribution in [0, 0.1) is 39.9 Å². The number of nitrogens with zero attached hydrogens (tertiary/aromatic N) is 2. The van der Waals surface area contributed by atoms with Crippen molar-refractivity contribution in [2.45, 2.75) is 204 Å². The van der Waals surface area contributed by atoms with E-state index in [9.17, 15) is 40.5 Å². The smallest absolute Gasteiger partial charge is 0.475 e. The molecule has 4 heterocycles. The van der Waals surface area contributed by atoms with Crippen molar-refractivity contribution < 1.29 is 77.8 Å². The fourth-order valence-corrected chi connectivity index (χ4v) is 13.5. The maximum atomic E-state index is 12.6. The quantitative estimate of drug-likeness (QED) is 0.0633. The Morgan fingerprint density at radius 2 is 1.39 bits per heavy atom. The summed E-state index contributed by atoms with van der Waals surface area (Å²) in [7, 11) is 0. The van der Waals surface area contributed by atoms with E-state index < -0.39 is 97.0 Å². The van der Waals surface area contributed by atoms with Gasteiger partial charge >= 0.3 is 23.6 Å². The Kier molecular flexibility index (Phi) is 13.8. The van der Waals surface area contributed by atoms with Crippen molar-refractivity contribution in [3.8, 4) is 0 Å². The molecule has 3 saturated heterocycles. The minimum absolute atomic E-state index is 0.00116. The summed E-state index contributed by atoms with van der Waals surface area (Å²) in [6.45, 7) is 11.7. The van der Waals surface area contributed by atoms with Gasteiger partial charge in [-0.3, -0.25) is 0 Å². The highest BCUT2D eigenvalue weighted by Crippen LogP contribution is 2.70. The lowest BCUT2D eigenvalue weighted by atomic mass is 9.43. The average Bonchev–Trinajstić information content (AvgIpc) is 3.78. The topological polar surface area (TPSA) is 247 Å². The van der Waals surface area contributed by atoms with Gasteiger partial charge in [-0.25, -0.2) is 9.59 Å². The van der Waals surface area contributed by atoms with E-state index in [1.54, 1.807) is 26.8 Å². The molecule has 8 aliphatic rings. The lowest BCUT2D eigenvalue weighted by Gasteiger charge is -2.64. The largest absolute Gasteiger partial charge is 0.547 e. The fraction of sp³-hybridized carbons (Fsp3) is 0.870. The summed E-state index contributed by atoms with van der Waals surface area (Å²) < 4.78 is 52.7. The summed E-state index contributed by atoms with van der Waals surface area (Å²) in [4.78, 5) is 27.2. The van der Waals surface area contributed by atoms with Crippen LogP contribution in [0.3, 0.4) is 0 Å². The molecule has 20 atom stereocenters. The molecule has 5 N–H and O–H groups in total. The van der Waals surface area contributed by atoms with Gasteiger partial charge in [-0.15, -0.1) is 0 Å². The Morgan fingerprint density at radius 1 is 0.797 bits per heavy atom. The molecule has 0 aromatic carbocycles. The number of hydrogen-bond acceptors (Lipinski definition) is 17. The molecule has 64 heavy (non-hydrogen) atoms. The van der Waals surface area contributed by atoms with Crippen LogP contribution in [0.25, 0.3) is 4.98 Å². The van der Waals surface area contributed by atoms with E-state index >= 15 is 0 Å². The summed E-state index contributed by atoms with van der Waals surface area (Å²) in [5.41, 5.74) is -0.750. The maximum absolute atomic E-state index is 12.6. The van der Waals surface area contributed by atoms with Crippen LogP contribution in [0.4, 0.5) is 0 Å². The number of rotatable bonds is 11. The second-order valence-electron chi connectivity index (χ2n) is 20.3. The number of fused-ring (bicyclic) bond motifs is 5. The molecule has 8 rings (SSSR count). The molecule has 18 nitrogen and oxygen atoms in total. The third kappa shape index (κ3) is 8.72. The summed E-state index contributed by atoms with van der Waals surface area (Å²) in [6.07, 6.45) is -0.483. The zero-order valence-electron chi connectivity index (χ0n) is 37.9. The van der Waals surface area contributed by atoms with Gasteiger partial charge in [-0.2, -0.15) is 0 Å². The number of aliphatic hydroxyl groups is 5. The van der Waals surface area contributed by atoms with Crippen LogP contribution >= 0.6 is 0 Å². The molecule has 0 aromatic rings. The molecule has 0 bridgehead atoms. The van der Waals surface area contributed by atoms with Gasteiger partial charge in [0, 0.05) is 30.8 Å². The third-order valence-electron chi connectivity index (χ3n) is 16.8. The molecule has 4 aliphatic carbocycles. The number of esters is 2. The molecular weight excluding hydrogens is 837 g/mol. The molecule has 0 spiro atoms. The first kappa shape index (κ1) is 47.5. The van der Waals surface area contributed by atoms with Crippen LogP contribution in [-0.4, -0.2) is 136 Å². The van der Waals surface area contributed by atoms with Crippen LogP contribution in [0.15, 0.2) is 23.3 Å². The van der Waals surface area contributed by atoms with E-state index in [1.165, 1.54) is 0 Å². The van der Waals surface area contributed by atoms with Crippen LogP contribution in [0.1, 0.15) is 119 Å². The zero-order chi connectivity index (χ0) is 45.9. The SMILES string of the molecule is CCO/C(O)=C(\[N+]#N)C(=O)OC1C(O)CC(OC2C(O)CC(OC3C(O)CC(OC4CCC5(C)C(CCC6C5CCC5(C)C(C7=CC(=O)OC7)CCC65O)C4)OC3C)OC2C)OC1C. The third-order valence-corrected chi connectivity index (χ3v) is 16.8. The van der Waals surface area contributed by atoms with Crippen LogP contribution in [0.5, 0.6) is 0 Å². The average molecular weight is 906 g/mol. The van der Waals surface area contributed by atoms with Crippen molar-refractivity contribution in [3.05, 3.63) is 28.3 Å². The van der Waals surface area contributed by atoms with Crippen molar-refractivity contribution in [1.29, 1.82) is 5.39 Å². The first-order valence-corrected chi connectivity index (χ1v) is 23.6. The van der Waals surface area contributed by atoms with E-state index in [4.69, 9.17) is 42.6 Å². The minimum Gasteiger partial charge on any atom is -0.475 e. The Bertz CT molecular complexity index is 1810. The van der Waals surface area contributed by atoms with Crippen LogP contribution in [0.2, 0.25) is 0 Å². The summed E-state index contributed by atoms with van der Waals surface area (Å²) in [6, 6.07) is 0. The van der Waals surface area contributed by atoms with Gasteiger partial charge < -0.3 is 68.2 Å². The number of aliphatic hydroxyl groups excluding tert-OH is 4. The zero-order valence-corrected chi connectivity index (χ0v) is 37.9. The first-order valence-electron chi connectivity index (χ1n) is 23.6. The van der Waals surface area contributed by atoms with Crippen LogP contribution < -0.4 is 0 Å². The Morgan fingerprint density at radius 3 is 1.94 bits per heavy atom. The van der Waals surface area contributed by atoms with Crippen molar-refractivity contribution in [2.75, 3.05) is 13.2 Å². The number of carbonyl (C=O) groups excluding carboxylic acids is 2. The number of carbonyl (C=O) groups is 2. The highest BCUT2D eigenvalue weighted by Gasteiger charge is 2.68. The molecule has 4 saturated carbocycles. The standard InChI is InChI=1S/C46H68N2O16/c1-7-56-42(53)38(48-47)43(54)64-41-24(4)60-37(20-33(41)51)63-40-23(3)59-36(19-32(40)50)62-39-22(2)58-35(18-31(39)49)61-27-10-13-44(5)26(17-27)8-9-30-29(44)11-14-45(6)28(12-15-46(30,45)55)25-16-34(52)57-21-25/h16,22-24,26-33,35-37,39-41,49-51,55H,7-15,17-21H2,1-6H3/p+1. The normalized spacial score (nSPS) is 48.4. The van der Waals surface area contributed by atoms with Gasteiger partial charge in [0.1, 0.15) is 18.8 Å². The van der Waals surface area contributed by atoms with Crippen molar-refractivity contribution in [1.82, 2.24) is 0 Å². The fourth-order valence-electron chi connectivity index (χ4n) is 13.5. The number of hydrogen-bond donors (Lipinski definition) is 5. The summed E-state index contributed by atoms with van der Waals surface area (Å²) >= 11 is 0. The minimum atomic E-state index is -1.27. The molecule has 0 aromatic heterocycles. The highest BCUT2D eigenvalue weighted by atomic mass is 16.7.